The first kappa shape index (κ1) is 14.9. The number of allylic oxidation sites excluding steroid dienone is 1. The van der Waals surface area contributed by atoms with Crippen LogP contribution in [-0.4, -0.2) is 11.1 Å². The number of nitrogens with one attached hydrogen (secondary N) is 1. The Hall–Kier alpha value is -2.55. The van der Waals surface area contributed by atoms with Crippen molar-refractivity contribution in [2.75, 3.05) is 5.32 Å². The molecule has 1 atom stereocenters. The summed E-state index contributed by atoms with van der Waals surface area (Å²) in [6.07, 6.45) is 2.60. The highest BCUT2D eigenvalue weighted by molar-refractivity contribution is 5.84. The van der Waals surface area contributed by atoms with Gasteiger partial charge in [-0.25, -0.2) is 4.79 Å². The molecule has 0 aliphatic heterocycles. The summed E-state index contributed by atoms with van der Waals surface area (Å²) in [5.41, 5.74) is 1.43. The summed E-state index contributed by atoms with van der Waals surface area (Å²) in [6, 6.07) is 16.9. The molecule has 1 unspecified atom stereocenters. The first-order valence-corrected chi connectivity index (χ1v) is 6.83. The van der Waals surface area contributed by atoms with E-state index in [-0.39, 0.29) is 0 Å². The zero-order chi connectivity index (χ0) is 15.3. The SMILES string of the molecule is C=CCc1ccc(C(C)(Nc2ccccc2)C(=O)O)cc1. The van der Waals surface area contributed by atoms with Crippen LogP contribution in [0.3, 0.4) is 0 Å². The van der Waals surface area contributed by atoms with Crippen LogP contribution in [0.15, 0.2) is 67.3 Å². The Morgan fingerprint density at radius 1 is 1.19 bits per heavy atom. The molecule has 2 rings (SSSR count). The molecule has 0 spiro atoms. The number of hydrogen-bond donors (Lipinski definition) is 2. The normalized spacial score (nSPS) is 13.2. The van der Waals surface area contributed by atoms with Gasteiger partial charge in [0.2, 0.25) is 0 Å². The molecular formula is C18H19NO2. The van der Waals surface area contributed by atoms with Gasteiger partial charge in [-0.1, -0.05) is 48.5 Å². The lowest BCUT2D eigenvalue weighted by molar-refractivity contribution is -0.142. The third-order valence-corrected chi connectivity index (χ3v) is 3.51. The van der Waals surface area contributed by atoms with Crippen LogP contribution in [0.1, 0.15) is 18.1 Å². The summed E-state index contributed by atoms with van der Waals surface area (Å²) >= 11 is 0. The molecule has 2 N–H and O–H groups in total. The van der Waals surface area contributed by atoms with Crippen LogP contribution in [0.5, 0.6) is 0 Å². The molecule has 3 heteroatoms. The summed E-state index contributed by atoms with van der Waals surface area (Å²) in [5, 5.41) is 12.7. The zero-order valence-corrected chi connectivity index (χ0v) is 12.0. The molecule has 0 fully saturated rings. The molecule has 0 heterocycles. The standard InChI is InChI=1S/C18H19NO2/c1-3-7-14-10-12-15(13-11-14)18(2,17(20)21)19-16-8-5-4-6-9-16/h3-6,8-13,19H,1,7H2,2H3,(H,20,21). The highest BCUT2D eigenvalue weighted by Crippen LogP contribution is 2.27. The molecule has 0 aliphatic carbocycles. The maximum absolute atomic E-state index is 11.8. The Bertz CT molecular complexity index is 619. The highest BCUT2D eigenvalue weighted by Gasteiger charge is 2.35. The van der Waals surface area contributed by atoms with Gasteiger partial charge in [0.1, 0.15) is 0 Å². The van der Waals surface area contributed by atoms with Crippen LogP contribution >= 0.6 is 0 Å². The van der Waals surface area contributed by atoms with E-state index in [0.717, 1.165) is 17.7 Å². The number of rotatable bonds is 6. The fraction of sp³-hybridized carbons (Fsp3) is 0.167. The summed E-state index contributed by atoms with van der Waals surface area (Å²) in [7, 11) is 0. The Balaban J connectivity index is 2.33. The van der Waals surface area contributed by atoms with Crippen LogP contribution in [-0.2, 0) is 16.8 Å². The molecule has 0 aromatic heterocycles. The molecule has 0 aliphatic rings. The lowest BCUT2D eigenvalue weighted by Crippen LogP contribution is -2.40. The summed E-state index contributed by atoms with van der Waals surface area (Å²) in [5.74, 6) is -0.914. The average Bonchev–Trinajstić information content (AvgIpc) is 2.49. The minimum atomic E-state index is -1.17. The second kappa shape index (κ2) is 6.27. The quantitative estimate of drug-likeness (QED) is 0.791. The number of para-hydroxylation sites is 1. The van der Waals surface area contributed by atoms with Crippen LogP contribution < -0.4 is 5.32 Å². The molecule has 3 nitrogen and oxygen atoms in total. The van der Waals surface area contributed by atoms with Crippen molar-refractivity contribution in [3.8, 4) is 0 Å². The maximum atomic E-state index is 11.8. The van der Waals surface area contributed by atoms with Gasteiger partial charge in [-0.3, -0.25) is 0 Å². The molecule has 0 bridgehead atoms. The van der Waals surface area contributed by atoms with Gasteiger partial charge in [0.25, 0.3) is 0 Å². The van der Waals surface area contributed by atoms with Crippen molar-refractivity contribution in [3.63, 3.8) is 0 Å². The van der Waals surface area contributed by atoms with Gasteiger partial charge in [-0.2, -0.15) is 0 Å². The van der Waals surface area contributed by atoms with Crippen molar-refractivity contribution in [2.24, 2.45) is 0 Å². The van der Waals surface area contributed by atoms with Crippen molar-refractivity contribution in [2.45, 2.75) is 18.9 Å². The van der Waals surface area contributed by atoms with Crippen molar-refractivity contribution < 1.29 is 9.90 Å². The Labute approximate surface area is 124 Å². The van der Waals surface area contributed by atoms with Gasteiger partial charge in [0.15, 0.2) is 5.54 Å². The van der Waals surface area contributed by atoms with Gasteiger partial charge in [0.05, 0.1) is 0 Å². The van der Waals surface area contributed by atoms with E-state index in [1.807, 2.05) is 60.7 Å². The van der Waals surface area contributed by atoms with E-state index < -0.39 is 11.5 Å². The van der Waals surface area contributed by atoms with Crippen molar-refractivity contribution in [3.05, 3.63) is 78.4 Å². The first-order valence-electron chi connectivity index (χ1n) is 6.83. The van der Waals surface area contributed by atoms with Crippen LogP contribution in [0.2, 0.25) is 0 Å². The summed E-state index contributed by atoms with van der Waals surface area (Å²) in [6.45, 7) is 5.38. The lowest BCUT2D eigenvalue weighted by atomic mass is 9.90. The maximum Gasteiger partial charge on any atom is 0.333 e. The fourth-order valence-corrected chi connectivity index (χ4v) is 2.20. The summed E-state index contributed by atoms with van der Waals surface area (Å²) in [4.78, 5) is 11.8. The summed E-state index contributed by atoms with van der Waals surface area (Å²) < 4.78 is 0. The highest BCUT2D eigenvalue weighted by atomic mass is 16.4. The number of aliphatic carboxylic acids is 1. The molecule has 2 aromatic rings. The fourth-order valence-electron chi connectivity index (χ4n) is 2.20. The first-order chi connectivity index (χ1) is 10.1. The number of carboxylic acid groups (broad SMARTS) is 1. The van der Waals surface area contributed by atoms with Gasteiger partial charge < -0.3 is 10.4 Å². The number of anilines is 1. The Morgan fingerprint density at radius 3 is 2.33 bits per heavy atom. The second-order valence-corrected chi connectivity index (χ2v) is 5.11. The Kier molecular flexibility index (Phi) is 4.43. The molecule has 0 saturated carbocycles. The molecule has 2 aromatic carbocycles. The van der Waals surface area contributed by atoms with E-state index in [0.29, 0.717) is 5.56 Å². The van der Waals surface area contributed by atoms with Crippen LogP contribution in [0, 0.1) is 0 Å². The van der Waals surface area contributed by atoms with Gasteiger partial charge >= 0.3 is 5.97 Å². The largest absolute Gasteiger partial charge is 0.479 e. The number of hydrogen-bond acceptors (Lipinski definition) is 2. The predicted octanol–water partition coefficient (Wildman–Crippen LogP) is 3.83. The van der Waals surface area contributed by atoms with E-state index in [4.69, 9.17) is 0 Å². The number of carboxylic acids is 1. The lowest BCUT2D eigenvalue weighted by Gasteiger charge is -2.28. The van der Waals surface area contributed by atoms with E-state index in [1.54, 1.807) is 6.92 Å². The predicted molar refractivity (Wildman–Crippen MR) is 85.4 cm³/mol. The van der Waals surface area contributed by atoms with E-state index in [1.165, 1.54) is 0 Å². The second-order valence-electron chi connectivity index (χ2n) is 5.11. The van der Waals surface area contributed by atoms with Gasteiger partial charge in [-0.15, -0.1) is 6.58 Å². The monoisotopic (exact) mass is 281 g/mol. The van der Waals surface area contributed by atoms with Crippen LogP contribution in [0.25, 0.3) is 0 Å². The molecule has 0 radical (unpaired) electrons. The third kappa shape index (κ3) is 3.31. The Morgan fingerprint density at radius 2 is 1.81 bits per heavy atom. The van der Waals surface area contributed by atoms with Crippen molar-refractivity contribution in [1.29, 1.82) is 0 Å². The van der Waals surface area contributed by atoms with Gasteiger partial charge in [-0.05, 0) is 36.6 Å². The molecule has 108 valence electrons. The van der Waals surface area contributed by atoms with E-state index in [2.05, 4.69) is 11.9 Å². The minimum Gasteiger partial charge on any atom is -0.479 e. The average molecular weight is 281 g/mol. The molecule has 0 saturated heterocycles. The molecular weight excluding hydrogens is 262 g/mol. The molecule has 0 amide bonds. The minimum absolute atomic E-state index is 0.715. The van der Waals surface area contributed by atoms with Gasteiger partial charge in [0, 0.05) is 5.69 Å². The van der Waals surface area contributed by atoms with Crippen molar-refractivity contribution >= 4 is 11.7 Å². The topological polar surface area (TPSA) is 49.3 Å². The zero-order valence-electron chi connectivity index (χ0n) is 12.0. The number of carbonyl (C=O) groups is 1. The van der Waals surface area contributed by atoms with E-state index in [9.17, 15) is 9.90 Å². The number of benzene rings is 2. The third-order valence-electron chi connectivity index (χ3n) is 3.51. The molecule has 21 heavy (non-hydrogen) atoms. The smallest absolute Gasteiger partial charge is 0.333 e. The van der Waals surface area contributed by atoms with E-state index >= 15 is 0 Å². The van der Waals surface area contributed by atoms with Crippen molar-refractivity contribution in [1.82, 2.24) is 0 Å². The van der Waals surface area contributed by atoms with Crippen LogP contribution in [0.4, 0.5) is 5.69 Å².